The van der Waals surface area contributed by atoms with Gasteiger partial charge in [-0.15, -0.1) is 0 Å². The second-order valence-corrected chi connectivity index (χ2v) is 4.80. The summed E-state index contributed by atoms with van der Waals surface area (Å²) in [5.41, 5.74) is 0.535. The average Bonchev–Trinajstić information content (AvgIpc) is 2.45. The van der Waals surface area contributed by atoms with Crippen molar-refractivity contribution in [3.63, 3.8) is 0 Å². The SMILES string of the molecule is CC(CC(=O)Oc1ccccc1)c1cc(O)c(O)c(O)c1. The zero-order chi connectivity index (χ0) is 15.4. The molecule has 5 heteroatoms. The Morgan fingerprint density at radius 1 is 1.10 bits per heavy atom. The Labute approximate surface area is 122 Å². The Hall–Kier alpha value is -2.69. The normalized spacial score (nSPS) is 11.9. The van der Waals surface area contributed by atoms with Crippen molar-refractivity contribution in [2.24, 2.45) is 0 Å². The van der Waals surface area contributed by atoms with E-state index < -0.39 is 23.2 Å². The molecule has 21 heavy (non-hydrogen) atoms. The molecule has 0 aliphatic heterocycles. The second-order valence-electron chi connectivity index (χ2n) is 4.80. The molecular weight excluding hydrogens is 272 g/mol. The van der Waals surface area contributed by atoms with E-state index in [1.54, 1.807) is 31.2 Å². The first-order chi connectivity index (χ1) is 9.97. The summed E-state index contributed by atoms with van der Waals surface area (Å²) in [5, 5.41) is 28.2. The molecule has 1 atom stereocenters. The van der Waals surface area contributed by atoms with Gasteiger partial charge in [-0.1, -0.05) is 25.1 Å². The predicted molar refractivity (Wildman–Crippen MR) is 76.5 cm³/mol. The van der Waals surface area contributed by atoms with Crippen molar-refractivity contribution in [1.82, 2.24) is 0 Å². The van der Waals surface area contributed by atoms with Crippen LogP contribution < -0.4 is 4.74 Å². The average molecular weight is 288 g/mol. The molecule has 0 fully saturated rings. The summed E-state index contributed by atoms with van der Waals surface area (Å²) < 4.78 is 5.18. The van der Waals surface area contributed by atoms with Crippen LogP contribution in [-0.4, -0.2) is 21.3 Å². The number of para-hydroxylation sites is 1. The van der Waals surface area contributed by atoms with Crippen LogP contribution in [0.1, 0.15) is 24.8 Å². The van der Waals surface area contributed by atoms with Crippen LogP contribution in [0, 0.1) is 0 Å². The van der Waals surface area contributed by atoms with E-state index in [0.717, 1.165) is 0 Å². The highest BCUT2D eigenvalue weighted by atomic mass is 16.5. The number of hydrogen-bond donors (Lipinski definition) is 3. The summed E-state index contributed by atoms with van der Waals surface area (Å²) in [4.78, 5) is 11.8. The van der Waals surface area contributed by atoms with E-state index in [2.05, 4.69) is 0 Å². The highest BCUT2D eigenvalue weighted by Crippen LogP contribution is 2.38. The maximum Gasteiger partial charge on any atom is 0.311 e. The molecule has 0 saturated heterocycles. The second kappa shape index (κ2) is 6.17. The quantitative estimate of drug-likeness (QED) is 0.457. The fourth-order valence-corrected chi connectivity index (χ4v) is 1.94. The van der Waals surface area contributed by atoms with Crippen LogP contribution in [-0.2, 0) is 4.79 Å². The van der Waals surface area contributed by atoms with Gasteiger partial charge in [0.25, 0.3) is 0 Å². The van der Waals surface area contributed by atoms with Gasteiger partial charge in [-0.05, 0) is 35.7 Å². The molecule has 110 valence electrons. The topological polar surface area (TPSA) is 87.0 Å². The number of phenolic OH excluding ortho intramolecular Hbond substituents is 3. The number of hydrogen-bond acceptors (Lipinski definition) is 5. The van der Waals surface area contributed by atoms with Crippen LogP contribution in [0.5, 0.6) is 23.0 Å². The van der Waals surface area contributed by atoms with Gasteiger partial charge in [0.05, 0.1) is 6.42 Å². The van der Waals surface area contributed by atoms with E-state index in [1.165, 1.54) is 12.1 Å². The van der Waals surface area contributed by atoms with Crippen molar-refractivity contribution < 1.29 is 24.9 Å². The lowest BCUT2D eigenvalue weighted by Gasteiger charge is -2.13. The molecule has 0 bridgehead atoms. The Kier molecular flexibility index (Phi) is 4.33. The molecule has 0 amide bonds. The monoisotopic (exact) mass is 288 g/mol. The molecule has 3 N–H and O–H groups in total. The minimum Gasteiger partial charge on any atom is -0.504 e. The van der Waals surface area contributed by atoms with Crippen molar-refractivity contribution >= 4 is 5.97 Å². The van der Waals surface area contributed by atoms with Gasteiger partial charge in [0.2, 0.25) is 0 Å². The Morgan fingerprint density at radius 3 is 2.24 bits per heavy atom. The Morgan fingerprint density at radius 2 is 1.67 bits per heavy atom. The maximum atomic E-state index is 11.8. The molecule has 0 aromatic heterocycles. The zero-order valence-corrected chi connectivity index (χ0v) is 11.5. The van der Waals surface area contributed by atoms with Gasteiger partial charge < -0.3 is 20.1 Å². The zero-order valence-electron chi connectivity index (χ0n) is 11.5. The van der Waals surface area contributed by atoms with Gasteiger partial charge in [0.15, 0.2) is 17.2 Å². The number of carbonyl (C=O) groups is 1. The lowest BCUT2D eigenvalue weighted by atomic mass is 9.97. The van der Waals surface area contributed by atoms with E-state index in [4.69, 9.17) is 4.74 Å². The summed E-state index contributed by atoms with van der Waals surface area (Å²) >= 11 is 0. The van der Waals surface area contributed by atoms with Crippen molar-refractivity contribution in [1.29, 1.82) is 0 Å². The molecule has 0 saturated carbocycles. The highest BCUT2D eigenvalue weighted by molar-refractivity contribution is 5.73. The molecule has 0 aliphatic carbocycles. The maximum absolute atomic E-state index is 11.8. The lowest BCUT2D eigenvalue weighted by molar-refractivity contribution is -0.134. The van der Waals surface area contributed by atoms with Crippen molar-refractivity contribution in [3.8, 4) is 23.0 Å². The van der Waals surface area contributed by atoms with Crippen molar-refractivity contribution in [2.75, 3.05) is 0 Å². The first kappa shape index (κ1) is 14.7. The first-order valence-corrected chi connectivity index (χ1v) is 6.48. The third-order valence-electron chi connectivity index (χ3n) is 3.11. The summed E-state index contributed by atoms with van der Waals surface area (Å²) in [6.07, 6.45) is 0.0819. The van der Waals surface area contributed by atoms with E-state index in [-0.39, 0.29) is 12.3 Å². The number of benzene rings is 2. The predicted octanol–water partition coefficient (Wildman–Crippen LogP) is 2.90. The van der Waals surface area contributed by atoms with Crippen molar-refractivity contribution in [2.45, 2.75) is 19.3 Å². The minimum absolute atomic E-state index is 0.0819. The molecule has 1 unspecified atom stereocenters. The molecule has 0 aliphatic rings. The molecular formula is C16H16O5. The number of rotatable bonds is 4. The molecule has 2 rings (SSSR count). The van der Waals surface area contributed by atoms with Crippen LogP contribution in [0.15, 0.2) is 42.5 Å². The Bertz CT molecular complexity index is 613. The number of esters is 1. The standard InChI is InChI=1S/C16H16O5/c1-10(11-8-13(17)16(20)14(18)9-11)7-15(19)21-12-5-3-2-4-6-12/h2-6,8-10,17-18,20H,7H2,1H3. The number of ether oxygens (including phenoxy) is 1. The third-order valence-corrected chi connectivity index (χ3v) is 3.11. The Balaban J connectivity index is 2.04. The third kappa shape index (κ3) is 3.66. The fraction of sp³-hybridized carbons (Fsp3) is 0.188. The van der Waals surface area contributed by atoms with Gasteiger partial charge in [0, 0.05) is 0 Å². The fourth-order valence-electron chi connectivity index (χ4n) is 1.94. The van der Waals surface area contributed by atoms with Gasteiger partial charge in [-0.25, -0.2) is 0 Å². The first-order valence-electron chi connectivity index (χ1n) is 6.48. The van der Waals surface area contributed by atoms with Crippen LogP contribution in [0.25, 0.3) is 0 Å². The molecule has 2 aromatic rings. The van der Waals surface area contributed by atoms with E-state index in [9.17, 15) is 20.1 Å². The molecule has 0 radical (unpaired) electrons. The van der Waals surface area contributed by atoms with Crippen molar-refractivity contribution in [3.05, 3.63) is 48.0 Å². The number of aromatic hydroxyl groups is 3. The lowest BCUT2D eigenvalue weighted by Crippen LogP contribution is -2.11. The van der Waals surface area contributed by atoms with Crippen LogP contribution in [0.2, 0.25) is 0 Å². The van der Waals surface area contributed by atoms with Crippen LogP contribution in [0.4, 0.5) is 0 Å². The van der Waals surface area contributed by atoms with Gasteiger partial charge in [-0.2, -0.15) is 0 Å². The largest absolute Gasteiger partial charge is 0.504 e. The molecule has 0 heterocycles. The highest BCUT2D eigenvalue weighted by Gasteiger charge is 2.17. The van der Waals surface area contributed by atoms with Crippen LogP contribution >= 0.6 is 0 Å². The van der Waals surface area contributed by atoms with Gasteiger partial charge in [-0.3, -0.25) is 4.79 Å². The summed E-state index contributed by atoms with van der Waals surface area (Å²) in [6.45, 7) is 1.76. The van der Waals surface area contributed by atoms with E-state index >= 15 is 0 Å². The minimum atomic E-state index is -0.571. The van der Waals surface area contributed by atoms with E-state index in [1.807, 2.05) is 6.07 Å². The summed E-state index contributed by atoms with van der Waals surface area (Å²) in [5.74, 6) is -1.65. The van der Waals surface area contributed by atoms with E-state index in [0.29, 0.717) is 11.3 Å². The number of carbonyl (C=O) groups excluding carboxylic acids is 1. The van der Waals surface area contributed by atoms with Gasteiger partial charge >= 0.3 is 5.97 Å². The summed E-state index contributed by atoms with van der Waals surface area (Å²) in [7, 11) is 0. The molecule has 0 spiro atoms. The molecule has 2 aromatic carbocycles. The number of phenols is 3. The smallest absolute Gasteiger partial charge is 0.311 e. The van der Waals surface area contributed by atoms with Gasteiger partial charge in [0.1, 0.15) is 5.75 Å². The summed E-state index contributed by atoms with van der Waals surface area (Å²) in [6, 6.07) is 11.3. The molecule has 5 nitrogen and oxygen atoms in total. The van der Waals surface area contributed by atoms with Crippen LogP contribution in [0.3, 0.4) is 0 Å².